The van der Waals surface area contributed by atoms with Crippen molar-refractivity contribution in [3.63, 3.8) is 0 Å². The van der Waals surface area contributed by atoms with E-state index in [1.54, 1.807) is 25.1 Å². The summed E-state index contributed by atoms with van der Waals surface area (Å²) >= 11 is 5.89. The van der Waals surface area contributed by atoms with Crippen LogP contribution < -0.4 is 4.74 Å². The van der Waals surface area contributed by atoms with Crippen molar-refractivity contribution >= 4 is 23.2 Å². The van der Waals surface area contributed by atoms with E-state index in [1.165, 1.54) is 0 Å². The molecule has 1 heterocycles. The minimum Gasteiger partial charge on any atom is -0.481 e. The molecule has 0 spiro atoms. The summed E-state index contributed by atoms with van der Waals surface area (Å²) in [5, 5.41) is -0.858. The molecular formula is C18H17ClF2NO2Y-. The molecule has 1 radical (unpaired) electrons. The fraction of sp³-hybridized carbons (Fsp3) is 0.389. The second kappa shape index (κ2) is 10.3. The summed E-state index contributed by atoms with van der Waals surface area (Å²) < 4.78 is 31.1. The minimum absolute atomic E-state index is 0. The largest absolute Gasteiger partial charge is 0.481 e. The third-order valence-electron chi connectivity index (χ3n) is 3.51. The number of nitrogens with zero attached hydrogens (tertiary/aromatic N) is 1. The normalized spacial score (nSPS) is 16.7. The van der Waals surface area contributed by atoms with Gasteiger partial charge in [0.25, 0.3) is 6.43 Å². The Labute approximate surface area is 176 Å². The molecule has 1 atom stereocenters. The number of carbonyl (C=O) groups is 1. The number of aryl methyl sites for hydroxylation is 1. The SMILES string of the molecule is CC#CCOc1ccc(C2=[C-]CC(Cl)C(=O)N2CC(F)F)c(C)c1.[Y]. The van der Waals surface area contributed by atoms with Crippen LogP contribution in [0.15, 0.2) is 18.2 Å². The van der Waals surface area contributed by atoms with E-state index in [4.69, 9.17) is 16.3 Å². The molecule has 1 aliphatic rings. The van der Waals surface area contributed by atoms with Crippen LogP contribution in [-0.2, 0) is 37.5 Å². The maximum Gasteiger partial charge on any atom is 0.256 e. The Kier molecular flexibility index (Phi) is 9.06. The van der Waals surface area contributed by atoms with Crippen molar-refractivity contribution in [3.05, 3.63) is 35.4 Å². The van der Waals surface area contributed by atoms with Crippen molar-refractivity contribution in [3.8, 4) is 17.6 Å². The average molecular weight is 442 g/mol. The number of carbonyl (C=O) groups excluding carboxylic acids is 1. The van der Waals surface area contributed by atoms with Gasteiger partial charge >= 0.3 is 0 Å². The monoisotopic (exact) mass is 441 g/mol. The Morgan fingerprint density at radius 1 is 1.48 bits per heavy atom. The number of rotatable bonds is 5. The Balaban J connectivity index is 0.00000312. The zero-order valence-electron chi connectivity index (χ0n) is 14.0. The summed E-state index contributed by atoms with van der Waals surface area (Å²) in [5.41, 5.74) is 1.79. The van der Waals surface area contributed by atoms with Gasteiger partial charge in [-0.05, 0) is 19.1 Å². The molecule has 2 rings (SSSR count). The first-order chi connectivity index (χ1) is 11.4. The van der Waals surface area contributed by atoms with Crippen molar-refractivity contribution in [1.82, 2.24) is 4.90 Å². The minimum atomic E-state index is -2.65. The molecule has 0 saturated carbocycles. The van der Waals surface area contributed by atoms with Crippen molar-refractivity contribution in [2.75, 3.05) is 13.2 Å². The van der Waals surface area contributed by atoms with Gasteiger partial charge < -0.3 is 9.64 Å². The van der Waals surface area contributed by atoms with Gasteiger partial charge in [-0.3, -0.25) is 4.79 Å². The van der Waals surface area contributed by atoms with Crippen molar-refractivity contribution in [2.45, 2.75) is 32.1 Å². The maximum absolute atomic E-state index is 12.8. The molecule has 1 aromatic rings. The third-order valence-corrected chi connectivity index (χ3v) is 3.85. The summed E-state index contributed by atoms with van der Waals surface area (Å²) in [7, 11) is 0. The van der Waals surface area contributed by atoms with Gasteiger partial charge in [0.15, 0.2) is 0 Å². The molecule has 7 heteroatoms. The van der Waals surface area contributed by atoms with E-state index in [0.29, 0.717) is 17.0 Å². The molecule has 0 saturated heterocycles. The molecule has 3 nitrogen and oxygen atoms in total. The molecule has 1 aliphatic heterocycles. The van der Waals surface area contributed by atoms with Gasteiger partial charge in [-0.15, -0.1) is 40.4 Å². The van der Waals surface area contributed by atoms with E-state index in [-0.39, 0.29) is 45.7 Å². The molecule has 0 N–H and O–H groups in total. The van der Waals surface area contributed by atoms with E-state index < -0.39 is 24.3 Å². The zero-order chi connectivity index (χ0) is 17.7. The second-order valence-electron chi connectivity index (χ2n) is 5.23. The van der Waals surface area contributed by atoms with E-state index in [9.17, 15) is 13.6 Å². The fourth-order valence-corrected chi connectivity index (χ4v) is 2.59. The molecule has 1 unspecified atom stereocenters. The number of hydrogen-bond acceptors (Lipinski definition) is 2. The molecule has 0 bridgehead atoms. The summed E-state index contributed by atoms with van der Waals surface area (Å²) in [6.07, 6.45) is 0.521. The number of allylic oxidation sites excluding steroid dienone is 1. The van der Waals surface area contributed by atoms with Crippen LogP contribution in [0.3, 0.4) is 0 Å². The Hall–Kier alpha value is -0.956. The number of amides is 1. The van der Waals surface area contributed by atoms with Crippen LogP contribution in [0.4, 0.5) is 8.78 Å². The molecule has 1 aromatic carbocycles. The van der Waals surface area contributed by atoms with Crippen molar-refractivity contribution in [2.24, 2.45) is 0 Å². The van der Waals surface area contributed by atoms with Crippen molar-refractivity contribution in [1.29, 1.82) is 0 Å². The van der Waals surface area contributed by atoms with E-state index >= 15 is 0 Å². The molecule has 25 heavy (non-hydrogen) atoms. The Morgan fingerprint density at radius 3 is 2.80 bits per heavy atom. The molecule has 1 amide bonds. The van der Waals surface area contributed by atoms with Gasteiger partial charge in [0.2, 0.25) is 5.91 Å². The van der Waals surface area contributed by atoms with E-state index in [1.807, 2.05) is 6.92 Å². The number of alkyl halides is 3. The van der Waals surface area contributed by atoms with Gasteiger partial charge in [0.1, 0.15) is 17.7 Å². The van der Waals surface area contributed by atoms with Crippen LogP contribution in [-0.4, -0.2) is 35.8 Å². The molecule has 0 aliphatic carbocycles. The summed E-state index contributed by atoms with van der Waals surface area (Å²) in [6, 6.07) is 5.22. The van der Waals surface area contributed by atoms with Crippen LogP contribution >= 0.6 is 11.6 Å². The molecule has 0 fully saturated rings. The van der Waals surface area contributed by atoms with E-state index in [0.717, 1.165) is 10.5 Å². The van der Waals surface area contributed by atoms with Crippen LogP contribution in [0.5, 0.6) is 5.75 Å². The number of ether oxygens (including phenoxy) is 1. The number of benzene rings is 1. The predicted octanol–water partition coefficient (Wildman–Crippen LogP) is 3.64. The van der Waals surface area contributed by atoms with Crippen molar-refractivity contribution < 1.29 is 51.0 Å². The number of hydrogen-bond donors (Lipinski definition) is 0. The quantitative estimate of drug-likeness (QED) is 0.397. The smallest absolute Gasteiger partial charge is 0.256 e. The summed E-state index contributed by atoms with van der Waals surface area (Å²) in [6.45, 7) is 3.12. The van der Waals surface area contributed by atoms with Crippen LogP contribution in [0.25, 0.3) is 5.70 Å². The first-order valence-electron chi connectivity index (χ1n) is 7.42. The maximum atomic E-state index is 12.8. The van der Waals surface area contributed by atoms with Gasteiger partial charge in [-0.1, -0.05) is 19.3 Å². The molecular weight excluding hydrogens is 425 g/mol. The van der Waals surface area contributed by atoms with Gasteiger partial charge in [0, 0.05) is 32.7 Å². The molecule has 131 valence electrons. The van der Waals surface area contributed by atoms with Crippen LogP contribution in [0.2, 0.25) is 0 Å². The first kappa shape index (κ1) is 22.1. The van der Waals surface area contributed by atoms with Crippen LogP contribution in [0.1, 0.15) is 24.5 Å². The second-order valence-corrected chi connectivity index (χ2v) is 5.76. The number of halogens is 3. The third kappa shape index (κ3) is 5.77. The van der Waals surface area contributed by atoms with Gasteiger partial charge in [-0.2, -0.15) is 0 Å². The van der Waals surface area contributed by atoms with Crippen LogP contribution in [0, 0.1) is 24.8 Å². The summed E-state index contributed by atoms with van der Waals surface area (Å²) in [4.78, 5) is 13.2. The van der Waals surface area contributed by atoms with E-state index in [2.05, 4.69) is 17.9 Å². The molecule has 0 aromatic heterocycles. The fourth-order valence-electron chi connectivity index (χ4n) is 2.39. The standard InChI is InChI=1S/C18H17ClF2NO2.Y/c1-3-4-9-24-13-5-6-14(12(2)10-13)16-8-7-15(19)18(23)22(16)11-17(20)21;/h5-6,10,15,17H,7,9,11H2,1-2H3;/q-1;. The summed E-state index contributed by atoms with van der Waals surface area (Å²) in [5.74, 6) is 5.62. The average Bonchev–Trinajstić information content (AvgIpc) is 2.53. The Morgan fingerprint density at radius 2 is 2.20 bits per heavy atom. The first-order valence-corrected chi connectivity index (χ1v) is 7.85. The topological polar surface area (TPSA) is 29.5 Å². The van der Waals surface area contributed by atoms with Gasteiger partial charge in [-0.25, -0.2) is 14.9 Å². The predicted molar refractivity (Wildman–Crippen MR) is 88.7 cm³/mol. The Bertz CT molecular complexity index is 713. The zero-order valence-corrected chi connectivity index (χ0v) is 17.6. The van der Waals surface area contributed by atoms with Gasteiger partial charge in [0.05, 0.1) is 6.54 Å².